The zero-order chi connectivity index (χ0) is 20.9. The summed E-state index contributed by atoms with van der Waals surface area (Å²) in [5, 5.41) is 4.56. The summed E-state index contributed by atoms with van der Waals surface area (Å²) in [4.78, 5) is 8.90. The van der Waals surface area contributed by atoms with Gasteiger partial charge in [-0.2, -0.15) is 9.29 Å². The molecule has 1 saturated heterocycles. The standard InChI is InChI=1S/C21H21ClN4O3S/c1-14-4-5-16(11-18(14)22)30(27,28)26-9-6-21(7-10-26)12-17(21)20-24-19(25-29-20)15-3-2-8-23-13-15/h2-5,8,11,13,17H,6-7,9-10,12H2,1H3. The molecule has 0 N–H and O–H groups in total. The van der Waals surface area contributed by atoms with E-state index in [1.54, 1.807) is 28.8 Å². The summed E-state index contributed by atoms with van der Waals surface area (Å²) in [6, 6.07) is 8.63. The van der Waals surface area contributed by atoms with Gasteiger partial charge in [-0.15, -0.1) is 0 Å². The van der Waals surface area contributed by atoms with E-state index in [4.69, 9.17) is 16.1 Å². The van der Waals surface area contributed by atoms with Crippen molar-refractivity contribution >= 4 is 21.6 Å². The maximum atomic E-state index is 13.0. The van der Waals surface area contributed by atoms with Crippen LogP contribution in [-0.2, 0) is 10.0 Å². The highest BCUT2D eigenvalue weighted by molar-refractivity contribution is 7.89. The van der Waals surface area contributed by atoms with Crippen LogP contribution in [0.25, 0.3) is 11.4 Å². The van der Waals surface area contributed by atoms with Gasteiger partial charge in [-0.25, -0.2) is 8.42 Å². The predicted octanol–water partition coefficient (Wildman–Crippen LogP) is 4.05. The third-order valence-corrected chi connectivity index (χ3v) is 8.65. The van der Waals surface area contributed by atoms with Gasteiger partial charge in [-0.3, -0.25) is 4.98 Å². The minimum absolute atomic E-state index is 0.0513. The number of hydrogen-bond donors (Lipinski definition) is 0. The zero-order valence-corrected chi connectivity index (χ0v) is 18.0. The second-order valence-electron chi connectivity index (χ2n) is 8.13. The third-order valence-electron chi connectivity index (χ3n) is 6.35. The van der Waals surface area contributed by atoms with Crippen LogP contribution in [0.5, 0.6) is 0 Å². The van der Waals surface area contributed by atoms with E-state index in [1.165, 1.54) is 6.07 Å². The van der Waals surface area contributed by atoms with Crippen molar-refractivity contribution in [1.82, 2.24) is 19.4 Å². The first-order valence-corrected chi connectivity index (χ1v) is 11.7. The summed E-state index contributed by atoms with van der Waals surface area (Å²) in [5.41, 5.74) is 1.73. The molecule has 0 bridgehead atoms. The van der Waals surface area contributed by atoms with Gasteiger partial charge in [0.05, 0.1) is 4.90 Å². The van der Waals surface area contributed by atoms with Crippen molar-refractivity contribution in [3.63, 3.8) is 0 Å². The molecule has 1 spiro atoms. The minimum atomic E-state index is -3.55. The number of benzene rings is 1. The largest absolute Gasteiger partial charge is 0.339 e. The number of piperidine rings is 1. The molecule has 1 aliphatic heterocycles. The molecule has 1 aliphatic carbocycles. The number of aromatic nitrogens is 3. The van der Waals surface area contributed by atoms with E-state index in [0.717, 1.165) is 30.4 Å². The Morgan fingerprint density at radius 3 is 2.73 bits per heavy atom. The quantitative estimate of drug-likeness (QED) is 0.603. The Balaban J connectivity index is 1.28. The Morgan fingerprint density at radius 1 is 1.23 bits per heavy atom. The van der Waals surface area contributed by atoms with E-state index in [0.29, 0.717) is 29.8 Å². The predicted molar refractivity (Wildman–Crippen MR) is 112 cm³/mol. The molecule has 1 atom stereocenters. The van der Waals surface area contributed by atoms with E-state index in [2.05, 4.69) is 15.1 Å². The Morgan fingerprint density at radius 2 is 2.03 bits per heavy atom. The lowest BCUT2D eigenvalue weighted by molar-refractivity contribution is 0.242. The molecule has 0 amide bonds. The molecule has 1 saturated carbocycles. The fraction of sp³-hybridized carbons (Fsp3) is 0.381. The van der Waals surface area contributed by atoms with Crippen molar-refractivity contribution in [2.45, 2.75) is 37.0 Å². The van der Waals surface area contributed by atoms with Gasteiger partial charge in [-0.05, 0) is 61.4 Å². The molecule has 2 fully saturated rings. The van der Waals surface area contributed by atoms with E-state index in [-0.39, 0.29) is 16.2 Å². The normalized spacial score (nSPS) is 21.1. The smallest absolute Gasteiger partial charge is 0.243 e. The summed E-state index contributed by atoms with van der Waals surface area (Å²) in [7, 11) is -3.55. The Hall–Kier alpha value is -2.29. The van der Waals surface area contributed by atoms with Crippen molar-refractivity contribution in [2.24, 2.45) is 5.41 Å². The number of halogens is 1. The van der Waals surface area contributed by atoms with Crippen molar-refractivity contribution in [3.8, 4) is 11.4 Å². The number of sulfonamides is 1. The number of rotatable bonds is 4. The summed E-state index contributed by atoms with van der Waals surface area (Å²) in [6.45, 7) is 2.82. The van der Waals surface area contributed by atoms with Gasteiger partial charge >= 0.3 is 0 Å². The topological polar surface area (TPSA) is 89.2 Å². The van der Waals surface area contributed by atoms with E-state index in [9.17, 15) is 8.42 Å². The summed E-state index contributed by atoms with van der Waals surface area (Å²) >= 11 is 6.14. The molecule has 7 nitrogen and oxygen atoms in total. The number of aryl methyl sites for hydroxylation is 1. The van der Waals surface area contributed by atoms with Crippen LogP contribution in [0.2, 0.25) is 5.02 Å². The van der Waals surface area contributed by atoms with Gasteiger partial charge in [0.1, 0.15) is 0 Å². The Bertz CT molecular complexity index is 1190. The fourth-order valence-corrected chi connectivity index (χ4v) is 6.01. The van der Waals surface area contributed by atoms with Gasteiger partial charge in [0, 0.05) is 42.0 Å². The molecule has 1 aromatic carbocycles. The van der Waals surface area contributed by atoms with Gasteiger partial charge in [0.25, 0.3) is 0 Å². The van der Waals surface area contributed by atoms with Crippen LogP contribution >= 0.6 is 11.6 Å². The molecule has 3 heterocycles. The average molecular weight is 445 g/mol. The van der Waals surface area contributed by atoms with Gasteiger partial charge < -0.3 is 4.52 Å². The van der Waals surface area contributed by atoms with Crippen LogP contribution in [-0.4, -0.2) is 40.9 Å². The lowest BCUT2D eigenvalue weighted by Gasteiger charge is -2.31. The number of pyridine rings is 1. The van der Waals surface area contributed by atoms with E-state index < -0.39 is 10.0 Å². The highest BCUT2D eigenvalue weighted by Crippen LogP contribution is 2.64. The minimum Gasteiger partial charge on any atom is -0.339 e. The zero-order valence-electron chi connectivity index (χ0n) is 16.5. The van der Waals surface area contributed by atoms with Crippen LogP contribution in [0.3, 0.4) is 0 Å². The molecule has 30 heavy (non-hydrogen) atoms. The second-order valence-corrected chi connectivity index (χ2v) is 10.5. The van der Waals surface area contributed by atoms with Gasteiger partial charge in [0.2, 0.25) is 21.7 Å². The molecule has 2 aromatic heterocycles. The Kier molecular flexibility index (Phi) is 4.68. The first-order chi connectivity index (χ1) is 14.4. The molecule has 2 aliphatic rings. The molecule has 1 unspecified atom stereocenters. The highest BCUT2D eigenvalue weighted by atomic mass is 35.5. The summed E-state index contributed by atoms with van der Waals surface area (Å²) < 4.78 is 33.1. The van der Waals surface area contributed by atoms with Crippen LogP contribution < -0.4 is 0 Å². The number of hydrogen-bond acceptors (Lipinski definition) is 6. The molecule has 5 rings (SSSR count). The van der Waals surface area contributed by atoms with Gasteiger partial charge in [-0.1, -0.05) is 22.8 Å². The van der Waals surface area contributed by atoms with E-state index >= 15 is 0 Å². The molecular formula is C21H21ClN4O3S. The third kappa shape index (κ3) is 3.33. The first kappa shape index (κ1) is 19.7. The fourth-order valence-electron chi connectivity index (χ4n) is 4.29. The molecular weight excluding hydrogens is 424 g/mol. The van der Waals surface area contributed by atoms with Crippen molar-refractivity contribution in [1.29, 1.82) is 0 Å². The molecule has 156 valence electrons. The summed E-state index contributed by atoms with van der Waals surface area (Å²) in [6.07, 6.45) is 5.92. The maximum Gasteiger partial charge on any atom is 0.243 e. The van der Waals surface area contributed by atoms with Crippen LogP contribution in [0, 0.1) is 12.3 Å². The SMILES string of the molecule is Cc1ccc(S(=O)(=O)N2CCC3(CC2)CC3c2nc(-c3cccnc3)no2)cc1Cl. The monoisotopic (exact) mass is 444 g/mol. The number of nitrogens with zero attached hydrogens (tertiary/aromatic N) is 4. The van der Waals surface area contributed by atoms with Crippen molar-refractivity contribution < 1.29 is 12.9 Å². The van der Waals surface area contributed by atoms with Crippen LogP contribution in [0.15, 0.2) is 52.1 Å². The Labute approximate surface area is 180 Å². The lowest BCUT2D eigenvalue weighted by Crippen LogP contribution is -2.39. The van der Waals surface area contributed by atoms with Crippen molar-refractivity contribution in [2.75, 3.05) is 13.1 Å². The van der Waals surface area contributed by atoms with E-state index in [1.807, 2.05) is 19.1 Å². The first-order valence-electron chi connectivity index (χ1n) is 9.89. The highest BCUT2D eigenvalue weighted by Gasteiger charge is 2.59. The molecule has 0 radical (unpaired) electrons. The molecule has 3 aromatic rings. The average Bonchev–Trinajstić information content (AvgIpc) is 3.22. The second kappa shape index (κ2) is 7.14. The van der Waals surface area contributed by atoms with Crippen molar-refractivity contribution in [3.05, 3.63) is 59.2 Å². The van der Waals surface area contributed by atoms with Gasteiger partial charge in [0.15, 0.2) is 0 Å². The summed E-state index contributed by atoms with van der Waals surface area (Å²) in [5.74, 6) is 1.36. The van der Waals surface area contributed by atoms with Crippen LogP contribution in [0.4, 0.5) is 0 Å². The van der Waals surface area contributed by atoms with Crippen LogP contribution in [0.1, 0.15) is 36.6 Å². The lowest BCUT2D eigenvalue weighted by atomic mass is 9.92. The molecule has 9 heteroatoms. The maximum absolute atomic E-state index is 13.0.